The van der Waals surface area contributed by atoms with Crippen molar-refractivity contribution in [2.45, 2.75) is 19.9 Å². The van der Waals surface area contributed by atoms with Crippen molar-refractivity contribution < 1.29 is 0 Å². The molecule has 0 saturated carbocycles. The first-order chi connectivity index (χ1) is 14.7. The van der Waals surface area contributed by atoms with Crippen molar-refractivity contribution in [3.63, 3.8) is 0 Å². The smallest absolute Gasteiger partial charge is 0.128 e. The van der Waals surface area contributed by atoms with Crippen LogP contribution in [0.5, 0.6) is 0 Å². The highest BCUT2D eigenvalue weighted by Crippen LogP contribution is 2.23. The summed E-state index contributed by atoms with van der Waals surface area (Å²) in [5.74, 6) is 1.08. The first-order valence-electron chi connectivity index (χ1n) is 11.4. The fraction of sp³-hybridized carbons (Fsp3) is 0.542. The van der Waals surface area contributed by atoms with Crippen LogP contribution in [0.3, 0.4) is 0 Å². The highest BCUT2D eigenvalue weighted by atomic mass is 15.3. The summed E-state index contributed by atoms with van der Waals surface area (Å²) in [7, 11) is 2.18. The van der Waals surface area contributed by atoms with E-state index in [2.05, 4.69) is 75.3 Å². The summed E-state index contributed by atoms with van der Waals surface area (Å²) in [5, 5.41) is 3.58. The Morgan fingerprint density at radius 3 is 2.30 bits per heavy atom. The molecular formula is C24H36N6. The zero-order valence-corrected chi connectivity index (χ0v) is 18.6. The summed E-state index contributed by atoms with van der Waals surface area (Å²) in [6, 6.07) is 13.1. The zero-order valence-electron chi connectivity index (χ0n) is 18.6. The molecule has 1 aromatic carbocycles. The largest absolute Gasteiger partial charge is 0.380 e. The van der Waals surface area contributed by atoms with Gasteiger partial charge < -0.3 is 20.0 Å². The van der Waals surface area contributed by atoms with Crippen LogP contribution in [0, 0.1) is 0 Å². The van der Waals surface area contributed by atoms with E-state index in [4.69, 9.17) is 4.98 Å². The first kappa shape index (κ1) is 20.9. The monoisotopic (exact) mass is 408 g/mol. The van der Waals surface area contributed by atoms with E-state index in [1.54, 1.807) is 0 Å². The molecule has 2 fully saturated rings. The van der Waals surface area contributed by atoms with Gasteiger partial charge in [0.15, 0.2) is 0 Å². The topological polar surface area (TPSA) is 37.9 Å². The molecular weight excluding hydrogens is 372 g/mol. The standard InChI is InChI=1S/C24H36N6/c1-3-10-28-13-17-29(18-14-28)23-7-5-4-6-21(23)19-25-22-8-9-24(26-20-22)30-15-11-27(2)12-16-30/h4-9,20,25H,3,10-19H2,1-2H3. The maximum atomic E-state index is 4.71. The van der Waals surface area contributed by atoms with Crippen molar-refractivity contribution in [3.8, 4) is 0 Å². The molecule has 162 valence electrons. The Morgan fingerprint density at radius 2 is 1.60 bits per heavy atom. The number of pyridine rings is 1. The fourth-order valence-corrected chi connectivity index (χ4v) is 4.41. The molecule has 0 spiro atoms. The summed E-state index contributed by atoms with van der Waals surface area (Å²) < 4.78 is 0. The lowest BCUT2D eigenvalue weighted by molar-refractivity contribution is 0.258. The van der Waals surface area contributed by atoms with E-state index < -0.39 is 0 Å². The van der Waals surface area contributed by atoms with Crippen LogP contribution in [0.4, 0.5) is 17.2 Å². The van der Waals surface area contributed by atoms with Gasteiger partial charge in [0.25, 0.3) is 0 Å². The summed E-state index contributed by atoms with van der Waals surface area (Å²) in [4.78, 5) is 14.6. The minimum Gasteiger partial charge on any atom is -0.380 e. The van der Waals surface area contributed by atoms with Gasteiger partial charge in [0.05, 0.1) is 11.9 Å². The minimum absolute atomic E-state index is 0.820. The average molecular weight is 409 g/mol. The summed E-state index contributed by atoms with van der Waals surface area (Å²) in [5.41, 5.74) is 3.79. The van der Waals surface area contributed by atoms with Gasteiger partial charge in [0.2, 0.25) is 0 Å². The van der Waals surface area contributed by atoms with Crippen LogP contribution in [-0.4, -0.2) is 80.7 Å². The Bertz CT molecular complexity index is 777. The number of nitrogens with zero attached hydrogens (tertiary/aromatic N) is 5. The molecule has 0 aliphatic carbocycles. The molecule has 6 heteroatoms. The molecule has 0 unspecified atom stereocenters. The lowest BCUT2D eigenvalue weighted by Gasteiger charge is -2.37. The molecule has 0 bridgehead atoms. The molecule has 2 aliphatic heterocycles. The van der Waals surface area contributed by atoms with Gasteiger partial charge in [0.1, 0.15) is 5.82 Å². The van der Waals surface area contributed by atoms with Crippen LogP contribution >= 0.6 is 0 Å². The third kappa shape index (κ3) is 5.24. The number of rotatable bonds is 7. The van der Waals surface area contributed by atoms with Gasteiger partial charge in [-0.25, -0.2) is 4.98 Å². The highest BCUT2D eigenvalue weighted by molar-refractivity contribution is 5.56. The minimum atomic E-state index is 0.820. The summed E-state index contributed by atoms with van der Waals surface area (Å²) in [6.07, 6.45) is 3.21. The maximum absolute atomic E-state index is 4.71. The van der Waals surface area contributed by atoms with Crippen LogP contribution in [0.25, 0.3) is 0 Å². The van der Waals surface area contributed by atoms with E-state index in [0.717, 1.165) is 70.4 Å². The van der Waals surface area contributed by atoms with E-state index in [1.165, 1.54) is 24.2 Å². The Hall–Kier alpha value is -2.31. The molecule has 0 amide bonds. The predicted octanol–water partition coefficient (Wildman–Crippen LogP) is 2.98. The first-order valence-corrected chi connectivity index (χ1v) is 11.4. The van der Waals surface area contributed by atoms with Gasteiger partial charge in [-0.05, 0) is 43.8 Å². The number of anilines is 3. The lowest BCUT2D eigenvalue weighted by atomic mass is 10.1. The van der Waals surface area contributed by atoms with Crippen molar-refractivity contribution in [2.75, 3.05) is 81.1 Å². The molecule has 0 radical (unpaired) electrons. The quantitative estimate of drug-likeness (QED) is 0.759. The van der Waals surface area contributed by atoms with E-state index in [-0.39, 0.29) is 0 Å². The molecule has 2 aliphatic rings. The van der Waals surface area contributed by atoms with Gasteiger partial charge in [-0.2, -0.15) is 0 Å². The van der Waals surface area contributed by atoms with Crippen molar-refractivity contribution in [1.82, 2.24) is 14.8 Å². The molecule has 6 nitrogen and oxygen atoms in total. The second kappa shape index (κ2) is 10.1. The molecule has 1 N–H and O–H groups in total. The Balaban J connectivity index is 1.34. The van der Waals surface area contributed by atoms with Gasteiger partial charge in [-0.15, -0.1) is 0 Å². The second-order valence-corrected chi connectivity index (χ2v) is 8.51. The maximum Gasteiger partial charge on any atom is 0.128 e. The van der Waals surface area contributed by atoms with E-state index in [9.17, 15) is 0 Å². The third-order valence-corrected chi connectivity index (χ3v) is 6.30. The fourth-order valence-electron chi connectivity index (χ4n) is 4.41. The van der Waals surface area contributed by atoms with E-state index >= 15 is 0 Å². The van der Waals surface area contributed by atoms with Crippen LogP contribution in [-0.2, 0) is 6.54 Å². The number of aromatic nitrogens is 1. The van der Waals surface area contributed by atoms with Crippen LogP contribution in [0.2, 0.25) is 0 Å². The predicted molar refractivity (Wildman–Crippen MR) is 127 cm³/mol. The Kier molecular flexibility index (Phi) is 7.07. The SMILES string of the molecule is CCCN1CCN(c2ccccc2CNc2ccc(N3CCN(C)CC3)nc2)CC1. The van der Waals surface area contributed by atoms with Crippen molar-refractivity contribution in [3.05, 3.63) is 48.2 Å². The average Bonchev–Trinajstić information content (AvgIpc) is 2.80. The molecule has 30 heavy (non-hydrogen) atoms. The van der Waals surface area contributed by atoms with E-state index in [0.29, 0.717) is 0 Å². The van der Waals surface area contributed by atoms with Crippen LogP contribution in [0.1, 0.15) is 18.9 Å². The normalized spacial score (nSPS) is 18.6. The lowest BCUT2D eigenvalue weighted by Crippen LogP contribution is -2.46. The van der Waals surface area contributed by atoms with E-state index in [1.807, 2.05) is 6.20 Å². The summed E-state index contributed by atoms with van der Waals surface area (Å²) in [6.45, 7) is 13.1. The zero-order chi connectivity index (χ0) is 20.8. The molecule has 2 saturated heterocycles. The summed E-state index contributed by atoms with van der Waals surface area (Å²) >= 11 is 0. The second-order valence-electron chi connectivity index (χ2n) is 8.51. The van der Waals surface area contributed by atoms with Crippen LogP contribution < -0.4 is 15.1 Å². The number of benzene rings is 1. The Morgan fingerprint density at radius 1 is 0.867 bits per heavy atom. The molecule has 0 atom stereocenters. The van der Waals surface area contributed by atoms with Crippen LogP contribution in [0.15, 0.2) is 42.6 Å². The van der Waals surface area contributed by atoms with Gasteiger partial charge in [-0.3, -0.25) is 4.90 Å². The highest BCUT2D eigenvalue weighted by Gasteiger charge is 2.18. The number of hydrogen-bond acceptors (Lipinski definition) is 6. The van der Waals surface area contributed by atoms with Crippen molar-refractivity contribution in [2.24, 2.45) is 0 Å². The number of piperazine rings is 2. The molecule has 1 aromatic heterocycles. The molecule has 3 heterocycles. The Labute approximate surface area is 181 Å². The van der Waals surface area contributed by atoms with Crippen molar-refractivity contribution in [1.29, 1.82) is 0 Å². The number of para-hydroxylation sites is 1. The number of likely N-dealkylation sites (N-methyl/N-ethyl adjacent to an activating group) is 1. The van der Waals surface area contributed by atoms with Crippen molar-refractivity contribution >= 4 is 17.2 Å². The third-order valence-electron chi connectivity index (χ3n) is 6.30. The number of hydrogen-bond donors (Lipinski definition) is 1. The van der Waals surface area contributed by atoms with Gasteiger partial charge in [-0.1, -0.05) is 25.1 Å². The molecule has 2 aromatic rings. The molecule has 4 rings (SSSR count). The van der Waals surface area contributed by atoms with Gasteiger partial charge in [0, 0.05) is 64.6 Å². The van der Waals surface area contributed by atoms with Gasteiger partial charge >= 0.3 is 0 Å². The number of nitrogens with one attached hydrogen (secondary N) is 1.